The number of hydrogen-bond donors (Lipinski definition) is 3. The van der Waals surface area contributed by atoms with E-state index in [0.29, 0.717) is 5.69 Å². The fraction of sp³-hybridized carbons (Fsp3) is 0.417. The molecule has 0 heterocycles. The van der Waals surface area contributed by atoms with Gasteiger partial charge in [0.05, 0.1) is 5.69 Å². The van der Waals surface area contributed by atoms with Crippen molar-refractivity contribution in [3.63, 3.8) is 0 Å². The number of anilines is 2. The van der Waals surface area contributed by atoms with Gasteiger partial charge in [0.25, 0.3) is 0 Å². The number of carbonyl (C=O) groups is 1. The predicted molar refractivity (Wildman–Crippen MR) is 69.0 cm³/mol. The van der Waals surface area contributed by atoms with Gasteiger partial charge < -0.3 is 10.2 Å². The van der Waals surface area contributed by atoms with Crippen molar-refractivity contribution < 1.29 is 9.53 Å². The highest BCUT2D eigenvalue weighted by molar-refractivity contribution is 5.85. The molecule has 94 valence electrons. The van der Waals surface area contributed by atoms with E-state index in [4.69, 9.17) is 4.74 Å². The number of carbonyl (C=O) groups excluding carboxylic acids is 1. The van der Waals surface area contributed by atoms with Crippen LogP contribution < -0.4 is 16.2 Å². The molecule has 17 heavy (non-hydrogen) atoms. The Labute approximate surface area is 102 Å². The lowest BCUT2D eigenvalue weighted by atomic mass is 10.2. The van der Waals surface area contributed by atoms with E-state index in [9.17, 15) is 4.79 Å². The van der Waals surface area contributed by atoms with Crippen LogP contribution in [0.5, 0.6) is 0 Å². The second kappa shape index (κ2) is 5.54. The van der Waals surface area contributed by atoms with Gasteiger partial charge in [-0.05, 0) is 39.0 Å². The second-order valence-corrected chi connectivity index (χ2v) is 4.58. The van der Waals surface area contributed by atoms with Gasteiger partial charge in [0.2, 0.25) is 0 Å². The molecule has 1 amide bonds. The molecule has 0 fully saturated rings. The molecule has 0 spiro atoms. The standard InChI is InChI=1S/C12H19N3O2/c1-12(2,3)17-11(16)14-9-6-5-7-10(8-9)15-13-4/h5-8,13,15H,1-4H3,(H,14,16). The highest BCUT2D eigenvalue weighted by Gasteiger charge is 2.16. The van der Waals surface area contributed by atoms with Crippen LogP contribution in [0.2, 0.25) is 0 Å². The topological polar surface area (TPSA) is 62.4 Å². The van der Waals surface area contributed by atoms with Crippen LogP contribution in [-0.4, -0.2) is 18.7 Å². The number of rotatable bonds is 3. The van der Waals surface area contributed by atoms with Gasteiger partial charge in [-0.3, -0.25) is 5.32 Å². The van der Waals surface area contributed by atoms with E-state index in [0.717, 1.165) is 5.69 Å². The van der Waals surface area contributed by atoms with Gasteiger partial charge in [-0.1, -0.05) is 6.07 Å². The van der Waals surface area contributed by atoms with Crippen molar-refractivity contribution in [2.45, 2.75) is 26.4 Å². The van der Waals surface area contributed by atoms with Crippen LogP contribution in [0.15, 0.2) is 24.3 Å². The molecular formula is C12H19N3O2. The fourth-order valence-corrected chi connectivity index (χ4v) is 1.24. The molecule has 1 aromatic carbocycles. The SMILES string of the molecule is CNNc1cccc(NC(=O)OC(C)(C)C)c1. The van der Waals surface area contributed by atoms with E-state index in [1.165, 1.54) is 0 Å². The Bertz CT molecular complexity index is 386. The minimum Gasteiger partial charge on any atom is -0.444 e. The summed E-state index contributed by atoms with van der Waals surface area (Å²) >= 11 is 0. The normalized spacial score (nSPS) is 10.8. The van der Waals surface area contributed by atoms with Crippen molar-refractivity contribution in [3.8, 4) is 0 Å². The Hall–Kier alpha value is -1.75. The first kappa shape index (κ1) is 13.3. The van der Waals surface area contributed by atoms with Crippen LogP contribution in [0, 0.1) is 0 Å². The summed E-state index contributed by atoms with van der Waals surface area (Å²) in [5, 5.41) is 2.67. The Morgan fingerprint density at radius 2 is 1.88 bits per heavy atom. The average molecular weight is 237 g/mol. The first-order valence-corrected chi connectivity index (χ1v) is 5.43. The van der Waals surface area contributed by atoms with Crippen LogP contribution in [0.1, 0.15) is 20.8 Å². The molecule has 0 aliphatic carbocycles. The third-order valence-electron chi connectivity index (χ3n) is 1.78. The molecule has 0 aromatic heterocycles. The Kier molecular flexibility index (Phi) is 4.34. The molecule has 5 nitrogen and oxygen atoms in total. The number of nitrogens with one attached hydrogen (secondary N) is 3. The van der Waals surface area contributed by atoms with Crippen LogP contribution in [-0.2, 0) is 4.74 Å². The number of hydrogen-bond acceptors (Lipinski definition) is 4. The third kappa shape index (κ3) is 5.21. The summed E-state index contributed by atoms with van der Waals surface area (Å²) in [5.74, 6) is 0. The molecule has 0 aliphatic heterocycles. The minimum absolute atomic E-state index is 0.459. The maximum absolute atomic E-state index is 11.5. The molecule has 0 bridgehead atoms. The summed E-state index contributed by atoms with van der Waals surface area (Å²) in [6.45, 7) is 5.47. The van der Waals surface area contributed by atoms with Gasteiger partial charge in [0.15, 0.2) is 0 Å². The minimum atomic E-state index is -0.495. The van der Waals surface area contributed by atoms with E-state index < -0.39 is 11.7 Å². The number of amides is 1. The van der Waals surface area contributed by atoms with Crippen molar-refractivity contribution in [1.82, 2.24) is 5.43 Å². The summed E-state index contributed by atoms with van der Waals surface area (Å²) in [6, 6.07) is 7.33. The van der Waals surface area contributed by atoms with Gasteiger partial charge in [-0.25, -0.2) is 10.2 Å². The first-order chi connectivity index (χ1) is 7.90. The molecule has 1 aromatic rings. The molecule has 0 radical (unpaired) electrons. The quantitative estimate of drug-likeness (QED) is 0.707. The average Bonchev–Trinajstić information content (AvgIpc) is 2.15. The van der Waals surface area contributed by atoms with E-state index in [1.807, 2.05) is 32.9 Å². The Morgan fingerprint density at radius 1 is 1.24 bits per heavy atom. The zero-order valence-corrected chi connectivity index (χ0v) is 10.6. The first-order valence-electron chi connectivity index (χ1n) is 5.43. The van der Waals surface area contributed by atoms with E-state index in [2.05, 4.69) is 16.2 Å². The molecule has 0 unspecified atom stereocenters. The lowest BCUT2D eigenvalue weighted by Crippen LogP contribution is -2.27. The van der Waals surface area contributed by atoms with Crippen LogP contribution >= 0.6 is 0 Å². The zero-order chi connectivity index (χ0) is 12.9. The van der Waals surface area contributed by atoms with Crippen LogP contribution in [0.4, 0.5) is 16.2 Å². The molecule has 1 rings (SSSR count). The fourth-order valence-electron chi connectivity index (χ4n) is 1.24. The van der Waals surface area contributed by atoms with Crippen LogP contribution in [0.25, 0.3) is 0 Å². The number of hydrazine groups is 1. The molecule has 0 saturated carbocycles. The Balaban J connectivity index is 2.62. The van der Waals surface area contributed by atoms with E-state index in [-0.39, 0.29) is 0 Å². The van der Waals surface area contributed by atoms with Crippen LogP contribution in [0.3, 0.4) is 0 Å². The van der Waals surface area contributed by atoms with Crippen molar-refractivity contribution >= 4 is 17.5 Å². The molecular weight excluding hydrogens is 218 g/mol. The maximum Gasteiger partial charge on any atom is 0.412 e. The molecule has 0 atom stereocenters. The van der Waals surface area contributed by atoms with Gasteiger partial charge in [0.1, 0.15) is 5.60 Å². The Morgan fingerprint density at radius 3 is 2.47 bits per heavy atom. The summed E-state index contributed by atoms with van der Waals surface area (Å²) < 4.78 is 5.16. The lowest BCUT2D eigenvalue weighted by Gasteiger charge is -2.19. The van der Waals surface area contributed by atoms with Gasteiger partial charge >= 0.3 is 6.09 Å². The smallest absolute Gasteiger partial charge is 0.412 e. The third-order valence-corrected chi connectivity index (χ3v) is 1.78. The van der Waals surface area contributed by atoms with Gasteiger partial charge in [-0.2, -0.15) is 0 Å². The number of benzene rings is 1. The second-order valence-electron chi connectivity index (χ2n) is 4.58. The summed E-state index contributed by atoms with van der Waals surface area (Å²) in [4.78, 5) is 11.5. The summed E-state index contributed by atoms with van der Waals surface area (Å²) in [7, 11) is 1.77. The summed E-state index contributed by atoms with van der Waals surface area (Å²) in [6.07, 6.45) is -0.459. The lowest BCUT2D eigenvalue weighted by molar-refractivity contribution is 0.0636. The van der Waals surface area contributed by atoms with Gasteiger partial charge in [0, 0.05) is 12.7 Å². The van der Waals surface area contributed by atoms with Gasteiger partial charge in [-0.15, -0.1) is 0 Å². The molecule has 3 N–H and O–H groups in total. The predicted octanol–water partition coefficient (Wildman–Crippen LogP) is 2.58. The zero-order valence-electron chi connectivity index (χ0n) is 10.6. The largest absolute Gasteiger partial charge is 0.444 e. The van der Waals surface area contributed by atoms with E-state index >= 15 is 0 Å². The van der Waals surface area contributed by atoms with Crippen molar-refractivity contribution in [1.29, 1.82) is 0 Å². The highest BCUT2D eigenvalue weighted by Crippen LogP contribution is 2.15. The van der Waals surface area contributed by atoms with Crippen molar-refractivity contribution in [2.24, 2.45) is 0 Å². The highest BCUT2D eigenvalue weighted by atomic mass is 16.6. The van der Waals surface area contributed by atoms with Crippen molar-refractivity contribution in [2.75, 3.05) is 17.8 Å². The number of ether oxygens (including phenoxy) is 1. The molecule has 0 saturated heterocycles. The molecule has 0 aliphatic rings. The van der Waals surface area contributed by atoms with Crippen molar-refractivity contribution in [3.05, 3.63) is 24.3 Å². The maximum atomic E-state index is 11.5. The molecule has 5 heteroatoms. The monoisotopic (exact) mass is 237 g/mol. The summed E-state index contributed by atoms with van der Waals surface area (Å²) in [5.41, 5.74) is 6.78. The van der Waals surface area contributed by atoms with E-state index in [1.54, 1.807) is 19.2 Å².